The van der Waals surface area contributed by atoms with Crippen LogP contribution in [0.5, 0.6) is 0 Å². The molecule has 0 aromatic heterocycles. The molecule has 0 aliphatic heterocycles. The first kappa shape index (κ1) is 22.9. The molecule has 6 atom stereocenters. The number of fused-ring (bicyclic) bond motifs is 1. The zero-order valence-corrected chi connectivity index (χ0v) is 19.8. The van der Waals surface area contributed by atoms with Crippen LogP contribution in [0.1, 0.15) is 98.8 Å². The Kier molecular flexibility index (Phi) is 7.52. The Bertz CT molecular complexity index is 639. The molecule has 1 nitrogen and oxygen atoms in total. The van der Waals surface area contributed by atoms with Gasteiger partial charge >= 0.3 is 0 Å². The molecule has 3 aliphatic rings. The lowest BCUT2D eigenvalue weighted by molar-refractivity contribution is 0.0907. The van der Waals surface area contributed by atoms with Crippen molar-refractivity contribution in [3.63, 3.8) is 0 Å². The summed E-state index contributed by atoms with van der Waals surface area (Å²) in [5.74, 6) is 4.14. The van der Waals surface area contributed by atoms with Crippen LogP contribution in [0.4, 0.5) is 0 Å². The van der Waals surface area contributed by atoms with Crippen molar-refractivity contribution in [1.82, 2.24) is 0 Å². The second-order valence-electron chi connectivity index (χ2n) is 11.3. The van der Waals surface area contributed by atoms with E-state index in [1.54, 1.807) is 5.57 Å². The van der Waals surface area contributed by atoms with Gasteiger partial charge < -0.3 is 5.11 Å². The third-order valence-electron chi connectivity index (χ3n) is 9.13. The first-order valence-corrected chi connectivity index (χ1v) is 12.5. The van der Waals surface area contributed by atoms with Gasteiger partial charge in [0, 0.05) is 0 Å². The van der Waals surface area contributed by atoms with E-state index in [1.165, 1.54) is 56.1 Å². The van der Waals surface area contributed by atoms with Gasteiger partial charge in [0.2, 0.25) is 0 Å². The molecule has 1 N–H and O–H groups in total. The lowest BCUT2D eigenvalue weighted by atomic mass is 9.60. The Hall–Kier alpha value is -0.820. The molecule has 0 radical (unpaired) electrons. The van der Waals surface area contributed by atoms with E-state index in [4.69, 9.17) is 0 Å². The van der Waals surface area contributed by atoms with Crippen LogP contribution in [-0.2, 0) is 0 Å². The largest absolute Gasteiger partial charge is 0.393 e. The van der Waals surface area contributed by atoms with E-state index in [0.29, 0.717) is 5.41 Å². The van der Waals surface area contributed by atoms with Crippen LogP contribution < -0.4 is 0 Å². The van der Waals surface area contributed by atoms with Crippen molar-refractivity contribution in [3.8, 4) is 0 Å². The van der Waals surface area contributed by atoms with E-state index < -0.39 is 0 Å². The molecule has 0 saturated heterocycles. The monoisotopic (exact) mass is 398 g/mol. The smallest absolute Gasteiger partial charge is 0.0583 e. The minimum Gasteiger partial charge on any atom is -0.393 e. The average molecular weight is 399 g/mol. The highest BCUT2D eigenvalue weighted by Gasteiger charge is 2.50. The molecule has 3 rings (SSSR count). The molecule has 0 spiro atoms. The lowest BCUT2D eigenvalue weighted by Gasteiger charge is -2.44. The first-order valence-electron chi connectivity index (χ1n) is 12.5. The summed E-state index contributed by atoms with van der Waals surface area (Å²) in [6.07, 6.45) is 16.8. The molecule has 0 aromatic carbocycles. The van der Waals surface area contributed by atoms with Gasteiger partial charge in [0.25, 0.3) is 0 Å². The fourth-order valence-corrected chi connectivity index (χ4v) is 6.67. The highest BCUT2D eigenvalue weighted by Crippen LogP contribution is 2.60. The van der Waals surface area contributed by atoms with Crippen molar-refractivity contribution < 1.29 is 5.11 Å². The third kappa shape index (κ3) is 5.09. The summed E-state index contributed by atoms with van der Waals surface area (Å²) in [6, 6.07) is 0. The Labute approximate surface area is 180 Å². The zero-order valence-electron chi connectivity index (χ0n) is 19.8. The van der Waals surface area contributed by atoms with Gasteiger partial charge in [0.1, 0.15) is 0 Å². The van der Waals surface area contributed by atoms with Gasteiger partial charge in [0.05, 0.1) is 6.10 Å². The summed E-state index contributed by atoms with van der Waals surface area (Å²) < 4.78 is 0. The number of rotatable bonds is 6. The van der Waals surface area contributed by atoms with Crippen LogP contribution in [0.2, 0.25) is 0 Å². The third-order valence-corrected chi connectivity index (χ3v) is 9.13. The van der Waals surface area contributed by atoms with E-state index in [9.17, 15) is 5.11 Å². The highest BCUT2D eigenvalue weighted by atomic mass is 16.3. The average Bonchev–Trinajstić information content (AvgIpc) is 3.04. The summed E-state index contributed by atoms with van der Waals surface area (Å²) in [6.45, 7) is 16.6. The van der Waals surface area contributed by atoms with Crippen molar-refractivity contribution in [2.24, 2.45) is 35.0 Å². The Morgan fingerprint density at radius 2 is 1.83 bits per heavy atom. The molecule has 3 saturated carbocycles. The number of hydrogen-bond donors (Lipinski definition) is 1. The van der Waals surface area contributed by atoms with Crippen molar-refractivity contribution in [2.75, 3.05) is 0 Å². The van der Waals surface area contributed by atoms with E-state index in [-0.39, 0.29) is 6.10 Å². The predicted molar refractivity (Wildman–Crippen MR) is 126 cm³/mol. The van der Waals surface area contributed by atoms with Crippen molar-refractivity contribution in [1.29, 1.82) is 0 Å². The fraction of sp³-hybridized carbons (Fsp3) is 0.786. The lowest BCUT2D eigenvalue weighted by Crippen LogP contribution is -2.36. The van der Waals surface area contributed by atoms with Crippen LogP contribution in [0.25, 0.3) is 0 Å². The Morgan fingerprint density at radius 1 is 1.07 bits per heavy atom. The number of aliphatic hydroxyl groups is 1. The van der Waals surface area contributed by atoms with Crippen LogP contribution >= 0.6 is 0 Å². The Morgan fingerprint density at radius 3 is 2.55 bits per heavy atom. The minimum absolute atomic E-state index is 0.174. The van der Waals surface area contributed by atoms with Gasteiger partial charge in [-0.3, -0.25) is 0 Å². The summed E-state index contributed by atoms with van der Waals surface area (Å²) in [7, 11) is 0. The zero-order chi connectivity index (χ0) is 21.2. The van der Waals surface area contributed by atoms with E-state index in [0.717, 1.165) is 48.9 Å². The molecule has 0 bridgehead atoms. The van der Waals surface area contributed by atoms with Gasteiger partial charge in [-0.15, -0.1) is 0 Å². The van der Waals surface area contributed by atoms with Crippen molar-refractivity contribution >= 4 is 0 Å². The molecule has 1 heteroatoms. The molecule has 164 valence electrons. The second-order valence-corrected chi connectivity index (χ2v) is 11.3. The summed E-state index contributed by atoms with van der Waals surface area (Å²) in [5, 5.41) is 10.0. The van der Waals surface area contributed by atoms with Gasteiger partial charge in [-0.1, -0.05) is 77.3 Å². The van der Waals surface area contributed by atoms with Crippen LogP contribution in [0.3, 0.4) is 0 Å². The number of hydrogen-bond acceptors (Lipinski definition) is 1. The fourth-order valence-electron chi connectivity index (χ4n) is 6.67. The summed E-state index contributed by atoms with van der Waals surface area (Å²) in [5.41, 5.74) is 4.70. The second kappa shape index (κ2) is 9.54. The molecular formula is C28H46O. The van der Waals surface area contributed by atoms with E-state index >= 15 is 0 Å². The van der Waals surface area contributed by atoms with Crippen LogP contribution in [-0.4, -0.2) is 11.2 Å². The summed E-state index contributed by atoms with van der Waals surface area (Å²) >= 11 is 0. The van der Waals surface area contributed by atoms with E-state index in [1.807, 2.05) is 0 Å². The van der Waals surface area contributed by atoms with Crippen LogP contribution in [0, 0.1) is 35.0 Å². The molecular weight excluding hydrogens is 352 g/mol. The molecule has 3 aliphatic carbocycles. The van der Waals surface area contributed by atoms with Crippen molar-refractivity contribution in [3.05, 3.63) is 35.5 Å². The molecule has 29 heavy (non-hydrogen) atoms. The SMILES string of the molecule is C=C1CC[C@H](O)C/C1=C/C=C1CCC[C@]2(C)[C@@H]([C@H](C)CC[C@H](C)C(C)C)CC[C@@H]12. The predicted octanol–water partition coefficient (Wildman–Crippen LogP) is 7.87. The van der Waals surface area contributed by atoms with Gasteiger partial charge in [-0.05, 0) is 91.9 Å². The topological polar surface area (TPSA) is 20.2 Å². The number of aliphatic hydroxyl groups excluding tert-OH is 1. The normalized spacial score (nSPS) is 37.9. The van der Waals surface area contributed by atoms with Crippen LogP contribution in [0.15, 0.2) is 35.5 Å². The molecule has 0 amide bonds. The number of allylic oxidation sites excluding steroid dienone is 4. The molecule has 0 unspecified atom stereocenters. The molecule has 0 aromatic rings. The van der Waals surface area contributed by atoms with Crippen molar-refractivity contribution in [2.45, 2.75) is 105 Å². The maximum Gasteiger partial charge on any atom is 0.0583 e. The van der Waals surface area contributed by atoms with E-state index in [2.05, 4.69) is 53.3 Å². The Balaban J connectivity index is 1.70. The standard InChI is InChI=1S/C28H46O/c1-19(2)20(3)9-10-22(5)26-15-16-27-23(8-7-17-28(26,27)6)12-13-24-18-25(29)14-11-21(24)4/h12-13,19-20,22,25-27,29H,4,7-11,14-18H2,1-3,5-6H3/b23-12?,24-13-/t20-,22+,25-,26+,27-,28+/m0/s1. The minimum atomic E-state index is -0.174. The summed E-state index contributed by atoms with van der Waals surface area (Å²) in [4.78, 5) is 0. The van der Waals surface area contributed by atoms with Gasteiger partial charge in [-0.25, -0.2) is 0 Å². The van der Waals surface area contributed by atoms with Gasteiger partial charge in [0.15, 0.2) is 0 Å². The van der Waals surface area contributed by atoms with Gasteiger partial charge in [-0.2, -0.15) is 0 Å². The highest BCUT2D eigenvalue weighted by molar-refractivity contribution is 5.36. The maximum absolute atomic E-state index is 10.0. The maximum atomic E-state index is 10.0. The quantitative estimate of drug-likeness (QED) is 0.482. The molecule has 0 heterocycles. The first-order chi connectivity index (χ1) is 13.7. The molecule has 3 fully saturated rings.